The summed E-state index contributed by atoms with van der Waals surface area (Å²) in [6, 6.07) is 5.28. The molecule has 0 aromatic heterocycles. The number of thiocarbonyl (C=S) groups is 1. The second kappa shape index (κ2) is 9.40. The minimum absolute atomic E-state index is 0.595. The predicted octanol–water partition coefficient (Wildman–Crippen LogP) is 5.25. The molecule has 0 bridgehead atoms. The molecule has 0 radical (unpaired) electrons. The smallest absolute Gasteiger partial charge is 0.170 e. The molecule has 0 spiro atoms. The Hall–Kier alpha value is -0.510. The Morgan fingerprint density at radius 2 is 1.68 bits per heavy atom. The number of anilines is 1. The van der Waals surface area contributed by atoms with Gasteiger partial charge in [0.05, 0.1) is 0 Å². The van der Waals surface area contributed by atoms with Crippen molar-refractivity contribution < 1.29 is 0 Å². The molecule has 1 aromatic rings. The number of hydrogen-bond acceptors (Lipinski definition) is 1. The molecule has 2 nitrogen and oxygen atoms in total. The molecule has 1 rings (SSSR count). The molecule has 5 heteroatoms. The molecule has 0 aliphatic heterocycles. The topological polar surface area (TPSA) is 24.1 Å². The van der Waals surface area contributed by atoms with E-state index >= 15 is 0 Å². The van der Waals surface area contributed by atoms with Crippen molar-refractivity contribution in [2.75, 3.05) is 11.9 Å². The fourth-order valence-electron chi connectivity index (χ4n) is 1.73. The highest BCUT2D eigenvalue weighted by molar-refractivity contribution is 7.80. The molecule has 0 aliphatic carbocycles. The molecule has 2 N–H and O–H groups in total. The van der Waals surface area contributed by atoms with Crippen molar-refractivity contribution in [1.82, 2.24) is 5.32 Å². The van der Waals surface area contributed by atoms with Crippen LogP contribution in [0.1, 0.15) is 39.0 Å². The Morgan fingerprint density at radius 3 is 2.32 bits per heavy atom. The van der Waals surface area contributed by atoms with E-state index in [-0.39, 0.29) is 0 Å². The van der Waals surface area contributed by atoms with Crippen molar-refractivity contribution in [2.45, 2.75) is 39.0 Å². The zero-order valence-electron chi connectivity index (χ0n) is 11.1. The van der Waals surface area contributed by atoms with E-state index in [0.29, 0.717) is 15.2 Å². The van der Waals surface area contributed by atoms with Gasteiger partial charge >= 0.3 is 0 Å². The molecule has 0 aliphatic rings. The fourth-order valence-corrected chi connectivity index (χ4v) is 2.48. The maximum absolute atomic E-state index is 5.92. The van der Waals surface area contributed by atoms with Crippen LogP contribution in [0.25, 0.3) is 0 Å². The first-order valence-electron chi connectivity index (χ1n) is 6.62. The molecular formula is C14H20Cl2N2S. The Labute approximate surface area is 130 Å². The van der Waals surface area contributed by atoms with E-state index < -0.39 is 0 Å². The summed E-state index contributed by atoms with van der Waals surface area (Å²) in [5.74, 6) is 0. The van der Waals surface area contributed by atoms with Crippen molar-refractivity contribution in [3.8, 4) is 0 Å². The van der Waals surface area contributed by atoms with Crippen LogP contribution in [0.3, 0.4) is 0 Å². The first-order chi connectivity index (χ1) is 9.11. The maximum Gasteiger partial charge on any atom is 0.170 e. The van der Waals surface area contributed by atoms with Crippen LogP contribution < -0.4 is 10.6 Å². The van der Waals surface area contributed by atoms with Gasteiger partial charge in [-0.05, 0) is 36.8 Å². The van der Waals surface area contributed by atoms with Crippen molar-refractivity contribution in [2.24, 2.45) is 0 Å². The molecule has 0 heterocycles. The summed E-state index contributed by atoms with van der Waals surface area (Å²) < 4.78 is 0. The zero-order chi connectivity index (χ0) is 14.1. The normalized spacial score (nSPS) is 10.3. The van der Waals surface area contributed by atoms with Crippen molar-refractivity contribution in [3.05, 3.63) is 28.2 Å². The third-order valence-corrected chi connectivity index (χ3v) is 3.37. The summed E-state index contributed by atoms with van der Waals surface area (Å²) in [5.41, 5.74) is 0.806. The van der Waals surface area contributed by atoms with Gasteiger partial charge < -0.3 is 10.6 Å². The van der Waals surface area contributed by atoms with Crippen LogP contribution in [0.2, 0.25) is 10.0 Å². The number of hydrogen-bond donors (Lipinski definition) is 2. The van der Waals surface area contributed by atoms with Gasteiger partial charge in [0, 0.05) is 22.3 Å². The standard InChI is InChI=1S/C14H20Cl2N2S/c1-2-3-4-5-6-7-17-14(19)18-13-9-11(15)8-12(16)10-13/h8-10H,2-7H2,1H3,(H2,17,18,19). The number of halogens is 2. The molecule has 0 fully saturated rings. The lowest BCUT2D eigenvalue weighted by Crippen LogP contribution is -2.29. The Morgan fingerprint density at radius 1 is 1.05 bits per heavy atom. The Bertz CT molecular complexity index is 390. The van der Waals surface area contributed by atoms with E-state index in [2.05, 4.69) is 17.6 Å². The van der Waals surface area contributed by atoms with Crippen LogP contribution in [-0.4, -0.2) is 11.7 Å². The van der Waals surface area contributed by atoms with Gasteiger partial charge in [-0.2, -0.15) is 0 Å². The largest absolute Gasteiger partial charge is 0.362 e. The number of benzene rings is 1. The first-order valence-corrected chi connectivity index (χ1v) is 7.79. The molecule has 0 unspecified atom stereocenters. The summed E-state index contributed by atoms with van der Waals surface area (Å²) in [4.78, 5) is 0. The Balaban J connectivity index is 2.23. The highest BCUT2D eigenvalue weighted by atomic mass is 35.5. The average molecular weight is 319 g/mol. The van der Waals surface area contributed by atoms with E-state index in [1.807, 2.05) is 0 Å². The lowest BCUT2D eigenvalue weighted by molar-refractivity contribution is 0.625. The lowest BCUT2D eigenvalue weighted by atomic mass is 10.1. The predicted molar refractivity (Wildman–Crippen MR) is 89.4 cm³/mol. The van der Waals surface area contributed by atoms with Gasteiger partial charge in [-0.15, -0.1) is 0 Å². The summed E-state index contributed by atoms with van der Waals surface area (Å²) in [6.07, 6.45) is 6.25. The van der Waals surface area contributed by atoms with Crippen molar-refractivity contribution in [1.29, 1.82) is 0 Å². The third-order valence-electron chi connectivity index (χ3n) is 2.69. The molecule has 0 atom stereocenters. The summed E-state index contributed by atoms with van der Waals surface area (Å²) >= 11 is 17.1. The highest BCUT2D eigenvalue weighted by Gasteiger charge is 2.00. The second-order valence-corrected chi connectivity index (χ2v) is 5.73. The van der Waals surface area contributed by atoms with E-state index in [0.717, 1.165) is 18.7 Å². The maximum atomic E-state index is 5.92. The van der Waals surface area contributed by atoms with E-state index in [1.165, 1.54) is 25.7 Å². The molecule has 0 amide bonds. The first kappa shape index (κ1) is 16.5. The van der Waals surface area contributed by atoms with Crippen LogP contribution in [-0.2, 0) is 0 Å². The monoisotopic (exact) mass is 318 g/mol. The van der Waals surface area contributed by atoms with Gasteiger partial charge in [0.2, 0.25) is 0 Å². The molecule has 0 saturated heterocycles. The van der Waals surface area contributed by atoms with Crippen molar-refractivity contribution in [3.63, 3.8) is 0 Å². The van der Waals surface area contributed by atoms with Gasteiger partial charge in [0.15, 0.2) is 5.11 Å². The van der Waals surface area contributed by atoms with E-state index in [4.69, 9.17) is 35.4 Å². The zero-order valence-corrected chi connectivity index (χ0v) is 13.5. The fraction of sp³-hybridized carbons (Fsp3) is 0.500. The second-order valence-electron chi connectivity index (χ2n) is 4.45. The van der Waals surface area contributed by atoms with Crippen molar-refractivity contribution >= 4 is 46.2 Å². The number of nitrogens with one attached hydrogen (secondary N) is 2. The Kier molecular flexibility index (Phi) is 8.19. The van der Waals surface area contributed by atoms with Gasteiger partial charge in [-0.1, -0.05) is 55.8 Å². The highest BCUT2D eigenvalue weighted by Crippen LogP contribution is 2.22. The molecule has 19 heavy (non-hydrogen) atoms. The SMILES string of the molecule is CCCCCCCNC(=S)Nc1cc(Cl)cc(Cl)c1. The van der Waals surface area contributed by atoms with Gasteiger partial charge in [-0.25, -0.2) is 0 Å². The third kappa shape index (κ3) is 7.61. The minimum atomic E-state index is 0.595. The summed E-state index contributed by atoms with van der Waals surface area (Å²) in [7, 11) is 0. The average Bonchev–Trinajstić information content (AvgIpc) is 2.32. The van der Waals surface area contributed by atoms with Crippen LogP contribution in [0, 0.1) is 0 Å². The summed E-state index contributed by atoms with van der Waals surface area (Å²) in [6.45, 7) is 3.11. The lowest BCUT2D eigenvalue weighted by Gasteiger charge is -2.11. The number of rotatable bonds is 7. The van der Waals surface area contributed by atoms with Gasteiger partial charge in [-0.3, -0.25) is 0 Å². The van der Waals surface area contributed by atoms with Gasteiger partial charge in [0.25, 0.3) is 0 Å². The van der Waals surface area contributed by atoms with Crippen LogP contribution in [0.5, 0.6) is 0 Å². The van der Waals surface area contributed by atoms with E-state index in [1.54, 1.807) is 18.2 Å². The van der Waals surface area contributed by atoms with Crippen LogP contribution >= 0.6 is 35.4 Å². The van der Waals surface area contributed by atoms with E-state index in [9.17, 15) is 0 Å². The molecule has 1 aromatic carbocycles. The van der Waals surface area contributed by atoms with Gasteiger partial charge in [0.1, 0.15) is 0 Å². The molecule has 0 saturated carbocycles. The number of unbranched alkanes of at least 4 members (excludes halogenated alkanes) is 4. The minimum Gasteiger partial charge on any atom is -0.362 e. The summed E-state index contributed by atoms with van der Waals surface area (Å²) in [5, 5.41) is 8.05. The molecular weight excluding hydrogens is 299 g/mol. The molecule has 106 valence electrons. The van der Waals surface area contributed by atoms with Crippen LogP contribution in [0.4, 0.5) is 5.69 Å². The quantitative estimate of drug-likeness (QED) is 0.530. The van der Waals surface area contributed by atoms with Crippen LogP contribution in [0.15, 0.2) is 18.2 Å².